The summed E-state index contributed by atoms with van der Waals surface area (Å²) in [6, 6.07) is 1.45. The van der Waals surface area contributed by atoms with Crippen LogP contribution < -0.4 is 21.7 Å². The first-order valence-corrected chi connectivity index (χ1v) is 8.54. The number of nitrogens with two attached hydrogens (primary N) is 1. The Morgan fingerprint density at radius 2 is 2.26 bits per heavy atom. The fourth-order valence-corrected chi connectivity index (χ4v) is 2.36. The summed E-state index contributed by atoms with van der Waals surface area (Å²) in [5.74, 6) is 0.730. The number of hydrogen-bond acceptors (Lipinski definition) is 8. The zero-order valence-electron chi connectivity index (χ0n) is 14.3. The van der Waals surface area contributed by atoms with Crippen molar-refractivity contribution in [1.29, 1.82) is 0 Å². The predicted octanol–water partition coefficient (Wildman–Crippen LogP) is 1.13. The fourth-order valence-electron chi connectivity index (χ4n) is 1.59. The van der Waals surface area contributed by atoms with Gasteiger partial charge < -0.3 is 21.7 Å². The van der Waals surface area contributed by atoms with Crippen LogP contribution in [0.5, 0.6) is 0 Å². The van der Waals surface area contributed by atoms with Crippen molar-refractivity contribution in [3.8, 4) is 0 Å². The Kier molecular flexibility index (Phi) is 9.12. The van der Waals surface area contributed by atoms with E-state index in [1.807, 2.05) is 0 Å². The summed E-state index contributed by atoms with van der Waals surface area (Å²) < 4.78 is 36.3. The SMILES string of the molecule is CNC(=C[N+](=O)[O-])NCCCSc1nccc(NC(N)=NCC(F)(F)F)n1. The van der Waals surface area contributed by atoms with Crippen LogP contribution in [0.25, 0.3) is 0 Å². The zero-order valence-corrected chi connectivity index (χ0v) is 15.1. The molecule has 27 heavy (non-hydrogen) atoms. The van der Waals surface area contributed by atoms with Crippen LogP contribution in [0.1, 0.15) is 6.42 Å². The fraction of sp³-hybridized carbons (Fsp3) is 0.462. The summed E-state index contributed by atoms with van der Waals surface area (Å²) in [5, 5.41) is 18.8. The molecular formula is C13H19F3N8O2S. The standard InChI is InChI=1S/C13H19F3N8O2S/c1-18-10(7-24(25)26)19-4-2-6-27-12-20-5-3-9(23-12)22-11(17)21-8-13(14,15)16/h3,5,7,18-19H,2,4,6,8H2,1H3,(H3,17,20,21,22,23). The molecule has 0 atom stereocenters. The molecule has 1 aromatic rings. The van der Waals surface area contributed by atoms with Crippen LogP contribution in [0.4, 0.5) is 19.0 Å². The van der Waals surface area contributed by atoms with Gasteiger partial charge in [-0.3, -0.25) is 10.1 Å². The van der Waals surface area contributed by atoms with E-state index in [1.165, 1.54) is 24.0 Å². The Morgan fingerprint density at radius 1 is 1.52 bits per heavy atom. The van der Waals surface area contributed by atoms with Crippen molar-refractivity contribution in [1.82, 2.24) is 20.6 Å². The van der Waals surface area contributed by atoms with Gasteiger partial charge >= 0.3 is 6.18 Å². The number of hydrogen-bond donors (Lipinski definition) is 4. The highest BCUT2D eigenvalue weighted by molar-refractivity contribution is 7.99. The number of nitro groups is 1. The van der Waals surface area contributed by atoms with Crippen LogP contribution in [0.3, 0.4) is 0 Å². The van der Waals surface area contributed by atoms with Crippen molar-refractivity contribution in [2.45, 2.75) is 17.8 Å². The molecule has 0 radical (unpaired) electrons. The van der Waals surface area contributed by atoms with E-state index in [0.717, 1.165) is 6.20 Å². The van der Waals surface area contributed by atoms with E-state index in [9.17, 15) is 23.3 Å². The minimum atomic E-state index is -4.44. The zero-order chi connectivity index (χ0) is 20.3. The van der Waals surface area contributed by atoms with Crippen LogP contribution in [0.2, 0.25) is 0 Å². The maximum atomic E-state index is 12.1. The minimum absolute atomic E-state index is 0.223. The van der Waals surface area contributed by atoms with Gasteiger partial charge in [-0.15, -0.1) is 0 Å². The van der Waals surface area contributed by atoms with Gasteiger partial charge in [0.05, 0.1) is 4.92 Å². The largest absolute Gasteiger partial charge is 0.408 e. The molecule has 1 rings (SSSR count). The lowest BCUT2D eigenvalue weighted by Gasteiger charge is -2.08. The lowest BCUT2D eigenvalue weighted by molar-refractivity contribution is -0.404. The van der Waals surface area contributed by atoms with E-state index in [1.54, 1.807) is 7.05 Å². The average Bonchev–Trinajstić information content (AvgIpc) is 2.58. The lowest BCUT2D eigenvalue weighted by atomic mass is 10.5. The van der Waals surface area contributed by atoms with Gasteiger partial charge in [-0.25, -0.2) is 15.0 Å². The first-order valence-electron chi connectivity index (χ1n) is 7.56. The monoisotopic (exact) mass is 408 g/mol. The van der Waals surface area contributed by atoms with E-state index >= 15 is 0 Å². The van der Waals surface area contributed by atoms with Gasteiger partial charge in [0, 0.05) is 25.5 Å². The maximum Gasteiger partial charge on any atom is 0.408 e. The minimum Gasteiger partial charge on any atom is -0.370 e. The highest BCUT2D eigenvalue weighted by atomic mass is 32.2. The number of halogens is 3. The van der Waals surface area contributed by atoms with Crippen LogP contribution in [0, 0.1) is 10.1 Å². The predicted molar refractivity (Wildman–Crippen MR) is 95.7 cm³/mol. The first-order chi connectivity index (χ1) is 12.7. The molecule has 0 unspecified atom stereocenters. The van der Waals surface area contributed by atoms with Crippen molar-refractivity contribution in [2.24, 2.45) is 10.7 Å². The van der Waals surface area contributed by atoms with Crippen molar-refractivity contribution in [3.05, 3.63) is 34.4 Å². The van der Waals surface area contributed by atoms with Crippen molar-refractivity contribution >= 4 is 23.5 Å². The van der Waals surface area contributed by atoms with E-state index in [2.05, 4.69) is 30.9 Å². The molecule has 10 nitrogen and oxygen atoms in total. The molecule has 0 bridgehead atoms. The molecular weight excluding hydrogens is 389 g/mol. The molecule has 0 spiro atoms. The molecule has 0 aliphatic rings. The maximum absolute atomic E-state index is 12.1. The van der Waals surface area contributed by atoms with E-state index in [0.29, 0.717) is 29.7 Å². The molecule has 1 aromatic heterocycles. The number of nitrogens with one attached hydrogen (secondary N) is 3. The average molecular weight is 408 g/mol. The Bertz CT molecular complexity index is 684. The highest BCUT2D eigenvalue weighted by Crippen LogP contribution is 2.16. The summed E-state index contributed by atoms with van der Waals surface area (Å²) in [6.45, 7) is -0.895. The quantitative estimate of drug-likeness (QED) is 0.0852. The molecule has 0 saturated heterocycles. The summed E-state index contributed by atoms with van der Waals surface area (Å²) in [7, 11) is 1.56. The molecule has 14 heteroatoms. The molecule has 0 aliphatic heterocycles. The second-order valence-corrected chi connectivity index (χ2v) is 5.94. The normalized spacial score (nSPS) is 12.6. The molecule has 1 heterocycles. The Balaban J connectivity index is 2.43. The summed E-state index contributed by atoms with van der Waals surface area (Å²) in [5.41, 5.74) is 5.38. The summed E-state index contributed by atoms with van der Waals surface area (Å²) >= 11 is 1.32. The number of guanidine groups is 1. The van der Waals surface area contributed by atoms with Gasteiger partial charge in [0.15, 0.2) is 16.9 Å². The number of anilines is 1. The number of thioether (sulfide) groups is 1. The molecule has 0 aliphatic carbocycles. The number of rotatable bonds is 10. The highest BCUT2D eigenvalue weighted by Gasteiger charge is 2.26. The van der Waals surface area contributed by atoms with Gasteiger partial charge in [0.1, 0.15) is 12.4 Å². The molecule has 0 fully saturated rings. The van der Waals surface area contributed by atoms with E-state index in [4.69, 9.17) is 5.73 Å². The summed E-state index contributed by atoms with van der Waals surface area (Å²) in [6.07, 6.45) is -1.51. The number of aliphatic imine (C=N–C) groups is 1. The van der Waals surface area contributed by atoms with Crippen LogP contribution in [-0.4, -0.2) is 52.9 Å². The van der Waals surface area contributed by atoms with Crippen LogP contribution in [-0.2, 0) is 0 Å². The molecule has 5 N–H and O–H groups in total. The van der Waals surface area contributed by atoms with Gasteiger partial charge in [0.25, 0.3) is 6.20 Å². The third kappa shape index (κ3) is 10.7. The lowest BCUT2D eigenvalue weighted by Crippen LogP contribution is -2.26. The van der Waals surface area contributed by atoms with Gasteiger partial charge in [-0.1, -0.05) is 11.8 Å². The Morgan fingerprint density at radius 3 is 2.89 bits per heavy atom. The van der Waals surface area contributed by atoms with Gasteiger partial charge in [-0.05, 0) is 12.5 Å². The smallest absolute Gasteiger partial charge is 0.370 e. The molecule has 0 saturated carbocycles. The topological polar surface area (TPSA) is 143 Å². The number of aromatic nitrogens is 2. The molecule has 0 aromatic carbocycles. The van der Waals surface area contributed by atoms with Crippen molar-refractivity contribution in [3.63, 3.8) is 0 Å². The third-order valence-electron chi connectivity index (χ3n) is 2.69. The number of alkyl halides is 3. The third-order valence-corrected chi connectivity index (χ3v) is 3.64. The van der Waals surface area contributed by atoms with Crippen molar-refractivity contribution < 1.29 is 18.1 Å². The van der Waals surface area contributed by atoms with Crippen LogP contribution >= 0.6 is 11.8 Å². The van der Waals surface area contributed by atoms with E-state index in [-0.39, 0.29) is 5.82 Å². The van der Waals surface area contributed by atoms with Crippen LogP contribution in [0.15, 0.2) is 34.4 Å². The molecule has 150 valence electrons. The Labute approximate surface area is 157 Å². The summed E-state index contributed by atoms with van der Waals surface area (Å²) in [4.78, 5) is 21.1. The second kappa shape index (κ2) is 11.1. The number of nitrogens with zero attached hydrogens (tertiary/aromatic N) is 4. The Hall–Kier alpha value is -2.77. The first kappa shape index (κ1) is 22.3. The van der Waals surface area contributed by atoms with Gasteiger partial charge in [-0.2, -0.15) is 13.2 Å². The van der Waals surface area contributed by atoms with E-state index < -0.39 is 23.6 Å². The molecule has 0 amide bonds. The second-order valence-electron chi connectivity index (χ2n) is 4.87. The van der Waals surface area contributed by atoms with Gasteiger partial charge in [0.2, 0.25) is 0 Å². The van der Waals surface area contributed by atoms with Crippen molar-refractivity contribution in [2.75, 3.05) is 31.2 Å².